The Balaban J connectivity index is 1.83. The molecule has 118 valence electrons. The molecular formula is C15H12BrN3O2S2. The first-order valence-corrected chi connectivity index (χ1v) is 9.40. The second-order valence-electron chi connectivity index (χ2n) is 5.30. The van der Waals surface area contributed by atoms with E-state index in [0.29, 0.717) is 19.5 Å². The Bertz CT molecular complexity index is 934. The van der Waals surface area contributed by atoms with Gasteiger partial charge in [-0.1, -0.05) is 6.07 Å². The maximum absolute atomic E-state index is 11.2. The number of thiazole rings is 1. The third-order valence-electron chi connectivity index (χ3n) is 3.94. The molecule has 23 heavy (non-hydrogen) atoms. The molecule has 5 nitrogen and oxygen atoms in total. The fraction of sp³-hybridized carbons (Fsp3) is 0.200. The highest BCUT2D eigenvalue weighted by Crippen LogP contribution is 2.44. The fourth-order valence-corrected chi connectivity index (χ4v) is 5.71. The highest BCUT2D eigenvalue weighted by Gasteiger charge is 2.27. The molecule has 3 aromatic rings. The van der Waals surface area contributed by atoms with Gasteiger partial charge in [0.15, 0.2) is 0 Å². The number of aromatic nitrogens is 1. The number of carboxylic acid groups (broad SMARTS) is 1. The van der Waals surface area contributed by atoms with Crippen molar-refractivity contribution >= 4 is 59.9 Å². The average molecular weight is 410 g/mol. The minimum atomic E-state index is -0.881. The van der Waals surface area contributed by atoms with Crippen molar-refractivity contribution in [1.29, 1.82) is 0 Å². The molecule has 0 aliphatic carbocycles. The van der Waals surface area contributed by atoms with Gasteiger partial charge in [0, 0.05) is 21.5 Å². The Morgan fingerprint density at radius 2 is 2.22 bits per heavy atom. The first-order valence-electron chi connectivity index (χ1n) is 6.98. The first-order chi connectivity index (χ1) is 11.0. The molecule has 1 amide bonds. The Hall–Kier alpha value is -1.64. The number of para-hydroxylation sites is 1. The summed E-state index contributed by atoms with van der Waals surface area (Å²) in [5.74, 6) is 0. The molecular weight excluding hydrogens is 398 g/mol. The predicted molar refractivity (Wildman–Crippen MR) is 97.2 cm³/mol. The van der Waals surface area contributed by atoms with Crippen LogP contribution < -0.4 is 5.73 Å². The van der Waals surface area contributed by atoms with Gasteiger partial charge in [0.2, 0.25) is 0 Å². The molecule has 0 saturated carbocycles. The second-order valence-corrected chi connectivity index (χ2v) is 8.32. The highest BCUT2D eigenvalue weighted by atomic mass is 79.9. The van der Waals surface area contributed by atoms with Crippen LogP contribution in [0.25, 0.3) is 20.8 Å². The summed E-state index contributed by atoms with van der Waals surface area (Å²) in [6, 6.07) is 6.01. The van der Waals surface area contributed by atoms with E-state index in [4.69, 9.17) is 15.8 Å². The summed E-state index contributed by atoms with van der Waals surface area (Å²) in [6.07, 6.45) is -0.199. The number of amides is 1. The first kappa shape index (κ1) is 14.9. The maximum atomic E-state index is 11.2. The molecule has 0 unspecified atom stereocenters. The van der Waals surface area contributed by atoms with E-state index in [2.05, 4.69) is 15.9 Å². The van der Waals surface area contributed by atoms with Gasteiger partial charge < -0.3 is 15.7 Å². The second kappa shape index (κ2) is 5.47. The molecule has 3 heterocycles. The van der Waals surface area contributed by atoms with Crippen LogP contribution in [0.15, 0.2) is 22.7 Å². The molecule has 0 fully saturated rings. The highest BCUT2D eigenvalue weighted by molar-refractivity contribution is 9.10. The van der Waals surface area contributed by atoms with Gasteiger partial charge in [0.05, 0.1) is 21.8 Å². The summed E-state index contributed by atoms with van der Waals surface area (Å²) in [4.78, 5) is 18.4. The number of carbonyl (C=O) groups is 1. The number of hydrogen-bond donors (Lipinski definition) is 2. The van der Waals surface area contributed by atoms with E-state index in [1.165, 1.54) is 16.2 Å². The van der Waals surface area contributed by atoms with E-state index >= 15 is 0 Å². The van der Waals surface area contributed by atoms with Crippen LogP contribution in [0.2, 0.25) is 0 Å². The SMILES string of the molecule is Nc1sc2c(c1-c1nc3c(Br)cccc3s1)CCN(C(=O)O)C2. The number of fused-ring (bicyclic) bond motifs is 2. The Kier molecular flexibility index (Phi) is 3.55. The summed E-state index contributed by atoms with van der Waals surface area (Å²) >= 11 is 6.63. The number of hydrogen-bond acceptors (Lipinski definition) is 5. The van der Waals surface area contributed by atoms with Crippen molar-refractivity contribution in [3.63, 3.8) is 0 Å². The van der Waals surface area contributed by atoms with E-state index in [1.54, 1.807) is 11.3 Å². The van der Waals surface area contributed by atoms with E-state index < -0.39 is 6.09 Å². The lowest BCUT2D eigenvalue weighted by Gasteiger charge is -2.24. The minimum absolute atomic E-state index is 0.411. The zero-order chi connectivity index (χ0) is 16.1. The standard InChI is InChI=1S/C15H12BrN3O2S2/c16-8-2-1-3-9-12(8)18-14(23-9)11-7-4-5-19(15(20)21)6-10(7)22-13(11)17/h1-3H,4-6,17H2,(H,20,21). The third kappa shape index (κ3) is 2.41. The van der Waals surface area contributed by atoms with Crippen LogP contribution in [0.4, 0.5) is 9.80 Å². The van der Waals surface area contributed by atoms with Crippen LogP contribution in [-0.2, 0) is 13.0 Å². The van der Waals surface area contributed by atoms with E-state index in [0.717, 1.165) is 40.7 Å². The van der Waals surface area contributed by atoms with Gasteiger partial charge in [-0.25, -0.2) is 9.78 Å². The molecule has 8 heteroatoms. The van der Waals surface area contributed by atoms with Crippen LogP contribution >= 0.6 is 38.6 Å². The van der Waals surface area contributed by atoms with E-state index in [9.17, 15) is 4.79 Å². The maximum Gasteiger partial charge on any atom is 0.407 e. The smallest absolute Gasteiger partial charge is 0.407 e. The summed E-state index contributed by atoms with van der Waals surface area (Å²) in [7, 11) is 0. The number of nitrogens with zero attached hydrogens (tertiary/aromatic N) is 2. The lowest BCUT2D eigenvalue weighted by atomic mass is 10.0. The average Bonchev–Trinajstić information content (AvgIpc) is 3.06. The third-order valence-corrected chi connectivity index (χ3v) is 6.66. The summed E-state index contributed by atoms with van der Waals surface area (Å²) in [5, 5.41) is 10.8. The molecule has 0 atom stereocenters. The number of benzene rings is 1. The molecule has 2 aromatic heterocycles. The van der Waals surface area contributed by atoms with Gasteiger partial charge in [-0.15, -0.1) is 22.7 Å². The van der Waals surface area contributed by atoms with Crippen LogP contribution in [-0.4, -0.2) is 27.6 Å². The topological polar surface area (TPSA) is 79.5 Å². The van der Waals surface area contributed by atoms with Gasteiger partial charge in [-0.3, -0.25) is 0 Å². The number of anilines is 1. The Labute approximate surface area is 148 Å². The van der Waals surface area contributed by atoms with Crippen molar-refractivity contribution in [2.75, 3.05) is 12.3 Å². The Morgan fingerprint density at radius 1 is 1.39 bits per heavy atom. The fourth-order valence-electron chi connectivity index (χ4n) is 2.84. The quantitative estimate of drug-likeness (QED) is 0.623. The lowest BCUT2D eigenvalue weighted by molar-refractivity contribution is 0.140. The summed E-state index contributed by atoms with van der Waals surface area (Å²) in [6.45, 7) is 0.911. The zero-order valence-electron chi connectivity index (χ0n) is 11.9. The van der Waals surface area contributed by atoms with Crippen molar-refractivity contribution in [1.82, 2.24) is 9.88 Å². The van der Waals surface area contributed by atoms with E-state index in [1.807, 2.05) is 18.2 Å². The van der Waals surface area contributed by atoms with Crippen LogP contribution in [0, 0.1) is 0 Å². The lowest BCUT2D eigenvalue weighted by Crippen LogP contribution is -2.34. The largest absolute Gasteiger partial charge is 0.465 e. The molecule has 0 spiro atoms. The van der Waals surface area contributed by atoms with Crippen molar-refractivity contribution < 1.29 is 9.90 Å². The number of halogens is 1. The van der Waals surface area contributed by atoms with Gasteiger partial charge in [-0.2, -0.15) is 0 Å². The van der Waals surface area contributed by atoms with Crippen molar-refractivity contribution in [2.24, 2.45) is 0 Å². The molecule has 1 aromatic carbocycles. The monoisotopic (exact) mass is 409 g/mol. The minimum Gasteiger partial charge on any atom is -0.465 e. The van der Waals surface area contributed by atoms with Crippen LogP contribution in [0.1, 0.15) is 10.4 Å². The van der Waals surface area contributed by atoms with Crippen LogP contribution in [0.5, 0.6) is 0 Å². The number of thiophene rings is 1. The van der Waals surface area contributed by atoms with Crippen molar-refractivity contribution in [3.05, 3.63) is 33.1 Å². The van der Waals surface area contributed by atoms with Crippen molar-refractivity contribution in [2.45, 2.75) is 13.0 Å². The molecule has 0 radical (unpaired) electrons. The Morgan fingerprint density at radius 3 is 2.96 bits per heavy atom. The number of nitrogens with two attached hydrogens (primary N) is 1. The summed E-state index contributed by atoms with van der Waals surface area (Å²) < 4.78 is 2.08. The molecule has 4 rings (SSSR count). The molecule has 0 saturated heterocycles. The van der Waals surface area contributed by atoms with Gasteiger partial charge in [0.1, 0.15) is 5.01 Å². The van der Waals surface area contributed by atoms with Crippen LogP contribution in [0.3, 0.4) is 0 Å². The van der Waals surface area contributed by atoms with Gasteiger partial charge in [0.25, 0.3) is 0 Å². The predicted octanol–water partition coefficient (Wildman–Crippen LogP) is 4.41. The molecule has 0 bridgehead atoms. The summed E-state index contributed by atoms with van der Waals surface area (Å²) in [5.41, 5.74) is 9.32. The zero-order valence-corrected chi connectivity index (χ0v) is 15.1. The number of rotatable bonds is 1. The molecule has 1 aliphatic heterocycles. The number of nitrogen functional groups attached to an aromatic ring is 1. The normalized spacial score (nSPS) is 14.2. The molecule has 1 aliphatic rings. The van der Waals surface area contributed by atoms with Gasteiger partial charge in [-0.05, 0) is 40.0 Å². The van der Waals surface area contributed by atoms with Gasteiger partial charge >= 0.3 is 6.09 Å². The van der Waals surface area contributed by atoms with E-state index in [-0.39, 0.29) is 0 Å². The van der Waals surface area contributed by atoms with Crippen molar-refractivity contribution in [3.8, 4) is 10.6 Å². The molecule has 3 N–H and O–H groups in total.